The second-order valence-corrected chi connectivity index (χ2v) is 7.97. The van der Waals surface area contributed by atoms with Gasteiger partial charge in [0.05, 0.1) is 4.47 Å². The molecule has 0 aliphatic carbocycles. The van der Waals surface area contributed by atoms with E-state index in [-0.39, 0.29) is 16.9 Å². The normalized spacial score (nSPS) is 10.9. The Kier molecular flexibility index (Phi) is 8.05. The van der Waals surface area contributed by atoms with Crippen LogP contribution in [0.5, 0.6) is 0 Å². The van der Waals surface area contributed by atoms with Crippen LogP contribution in [0.2, 0.25) is 0 Å². The van der Waals surface area contributed by atoms with Crippen molar-refractivity contribution in [1.29, 1.82) is 0 Å². The lowest BCUT2D eigenvalue weighted by atomic mass is 10.0. The summed E-state index contributed by atoms with van der Waals surface area (Å²) in [5.41, 5.74) is 4.57. The van der Waals surface area contributed by atoms with Crippen molar-refractivity contribution in [2.45, 2.75) is 73.3 Å². The predicted octanol–water partition coefficient (Wildman–Crippen LogP) is 5.79. The van der Waals surface area contributed by atoms with Crippen molar-refractivity contribution in [3.8, 4) is 0 Å². The Morgan fingerprint density at radius 1 is 1.11 bits per heavy atom. The summed E-state index contributed by atoms with van der Waals surface area (Å²) in [5, 5.41) is 3.01. The maximum absolute atomic E-state index is 13.2. The molecule has 152 valence electrons. The molecule has 4 nitrogen and oxygen atoms in total. The number of hydrogen-bond donors (Lipinski definition) is 1. The third-order valence-corrected chi connectivity index (χ3v) is 6.12. The molecule has 0 aliphatic rings. The number of nitrogens with one attached hydrogen (secondary N) is 1. The summed E-state index contributed by atoms with van der Waals surface area (Å²) >= 11 is 3.47. The molecule has 0 saturated carbocycles. The summed E-state index contributed by atoms with van der Waals surface area (Å²) in [7, 11) is 0. The Morgan fingerprint density at radius 3 is 2.43 bits per heavy atom. The van der Waals surface area contributed by atoms with Gasteiger partial charge in [0.1, 0.15) is 5.56 Å². The quantitative estimate of drug-likeness (QED) is 0.521. The van der Waals surface area contributed by atoms with E-state index >= 15 is 0 Å². The van der Waals surface area contributed by atoms with E-state index < -0.39 is 0 Å². The number of amides is 1. The van der Waals surface area contributed by atoms with Crippen molar-refractivity contribution in [2.24, 2.45) is 0 Å². The van der Waals surface area contributed by atoms with Gasteiger partial charge in [0, 0.05) is 23.6 Å². The first kappa shape index (κ1) is 22.4. The van der Waals surface area contributed by atoms with Crippen LogP contribution in [0.25, 0.3) is 0 Å². The SMILES string of the molecule is CCCCCn1c(C)c(C(=O)Nc2c(C)cccc2CC)c(=O)c(Br)c1CC. The molecule has 0 atom stereocenters. The van der Waals surface area contributed by atoms with Crippen LogP contribution in [0.15, 0.2) is 27.5 Å². The van der Waals surface area contributed by atoms with Gasteiger partial charge in [-0.25, -0.2) is 0 Å². The highest BCUT2D eigenvalue weighted by atomic mass is 79.9. The molecule has 1 heterocycles. The molecule has 1 N–H and O–H groups in total. The number of carbonyl (C=O) groups is 1. The third kappa shape index (κ3) is 4.57. The smallest absolute Gasteiger partial charge is 0.261 e. The second kappa shape index (κ2) is 10.1. The minimum absolute atomic E-state index is 0.228. The molecule has 0 radical (unpaired) electrons. The van der Waals surface area contributed by atoms with Crippen LogP contribution in [0, 0.1) is 13.8 Å². The summed E-state index contributed by atoms with van der Waals surface area (Å²) in [4.78, 5) is 26.2. The Hall–Kier alpha value is -1.88. The number of para-hydroxylation sites is 1. The lowest BCUT2D eigenvalue weighted by molar-refractivity contribution is 0.102. The summed E-state index contributed by atoms with van der Waals surface area (Å²) < 4.78 is 2.64. The van der Waals surface area contributed by atoms with Crippen LogP contribution in [0.1, 0.15) is 72.9 Å². The van der Waals surface area contributed by atoms with E-state index in [0.717, 1.165) is 66.9 Å². The van der Waals surface area contributed by atoms with Crippen molar-refractivity contribution >= 4 is 27.5 Å². The molecule has 0 fully saturated rings. The van der Waals surface area contributed by atoms with Crippen LogP contribution in [-0.4, -0.2) is 10.5 Å². The van der Waals surface area contributed by atoms with Crippen molar-refractivity contribution < 1.29 is 4.79 Å². The first-order valence-electron chi connectivity index (χ1n) is 10.2. The van der Waals surface area contributed by atoms with Gasteiger partial charge >= 0.3 is 0 Å². The predicted molar refractivity (Wildman–Crippen MR) is 121 cm³/mol. The van der Waals surface area contributed by atoms with Crippen molar-refractivity contribution in [3.05, 3.63) is 61.0 Å². The minimum Gasteiger partial charge on any atom is -0.347 e. The number of hydrogen-bond acceptors (Lipinski definition) is 2. The fourth-order valence-corrected chi connectivity index (χ4v) is 4.37. The summed E-state index contributed by atoms with van der Waals surface area (Å²) in [5.74, 6) is -0.334. The lowest BCUT2D eigenvalue weighted by Gasteiger charge is -2.21. The van der Waals surface area contributed by atoms with Gasteiger partial charge < -0.3 is 9.88 Å². The number of halogens is 1. The van der Waals surface area contributed by atoms with Crippen LogP contribution in [0.3, 0.4) is 0 Å². The number of pyridine rings is 1. The second-order valence-electron chi connectivity index (χ2n) is 7.18. The number of aryl methyl sites for hydroxylation is 2. The van der Waals surface area contributed by atoms with E-state index in [1.807, 2.05) is 39.0 Å². The largest absolute Gasteiger partial charge is 0.347 e. The number of nitrogens with zero attached hydrogens (tertiary/aromatic N) is 1. The number of benzene rings is 1. The van der Waals surface area contributed by atoms with Gasteiger partial charge in [-0.3, -0.25) is 9.59 Å². The topological polar surface area (TPSA) is 51.1 Å². The lowest BCUT2D eigenvalue weighted by Crippen LogP contribution is -2.29. The van der Waals surface area contributed by atoms with Crippen LogP contribution in [-0.2, 0) is 19.4 Å². The highest BCUT2D eigenvalue weighted by Crippen LogP contribution is 2.24. The zero-order valence-electron chi connectivity index (χ0n) is 17.6. The molecule has 1 amide bonds. The number of aromatic nitrogens is 1. The maximum Gasteiger partial charge on any atom is 0.261 e. The molecule has 28 heavy (non-hydrogen) atoms. The highest BCUT2D eigenvalue weighted by molar-refractivity contribution is 9.10. The molecule has 0 saturated heterocycles. The molecular weight excluding hydrogens is 416 g/mol. The Balaban J connectivity index is 2.53. The number of rotatable bonds is 8. The first-order chi connectivity index (χ1) is 13.4. The van der Waals surface area contributed by atoms with E-state index in [1.54, 1.807) is 0 Å². The molecular formula is C23H31BrN2O2. The molecule has 0 spiro atoms. The van der Waals surface area contributed by atoms with E-state index in [0.29, 0.717) is 4.47 Å². The van der Waals surface area contributed by atoms with E-state index in [9.17, 15) is 9.59 Å². The molecule has 1 aromatic carbocycles. The maximum atomic E-state index is 13.2. The summed E-state index contributed by atoms with van der Waals surface area (Å²) in [6.07, 6.45) is 4.83. The highest BCUT2D eigenvalue weighted by Gasteiger charge is 2.23. The van der Waals surface area contributed by atoms with Gasteiger partial charge in [0.25, 0.3) is 5.91 Å². The van der Waals surface area contributed by atoms with Gasteiger partial charge in [0.2, 0.25) is 5.43 Å². The Morgan fingerprint density at radius 2 is 1.82 bits per heavy atom. The van der Waals surface area contributed by atoms with Crippen molar-refractivity contribution in [3.63, 3.8) is 0 Å². The number of unbranched alkanes of at least 4 members (excludes halogenated alkanes) is 2. The Labute approximate surface area is 176 Å². The van der Waals surface area contributed by atoms with Crippen LogP contribution in [0.4, 0.5) is 5.69 Å². The average molecular weight is 447 g/mol. The fraction of sp³-hybridized carbons (Fsp3) is 0.478. The molecule has 2 aromatic rings. The van der Waals surface area contributed by atoms with Gasteiger partial charge in [-0.05, 0) is 60.2 Å². The monoisotopic (exact) mass is 446 g/mol. The van der Waals surface area contributed by atoms with Crippen LogP contribution < -0.4 is 10.7 Å². The number of carbonyl (C=O) groups excluding carboxylic acids is 1. The van der Waals surface area contributed by atoms with E-state index in [1.165, 1.54) is 0 Å². The summed E-state index contributed by atoms with van der Waals surface area (Å²) in [6, 6.07) is 5.97. The third-order valence-electron chi connectivity index (χ3n) is 5.30. The van der Waals surface area contributed by atoms with E-state index in [2.05, 4.69) is 39.7 Å². The minimum atomic E-state index is -0.334. The average Bonchev–Trinajstić information content (AvgIpc) is 2.67. The molecule has 2 rings (SSSR count). The van der Waals surface area contributed by atoms with Gasteiger partial charge in [-0.15, -0.1) is 0 Å². The fourth-order valence-electron chi connectivity index (χ4n) is 3.68. The molecule has 0 unspecified atom stereocenters. The van der Waals surface area contributed by atoms with Crippen molar-refractivity contribution in [2.75, 3.05) is 5.32 Å². The first-order valence-corrected chi connectivity index (χ1v) is 11.0. The molecule has 5 heteroatoms. The number of anilines is 1. The zero-order valence-corrected chi connectivity index (χ0v) is 19.2. The molecule has 0 aliphatic heterocycles. The van der Waals surface area contributed by atoms with Gasteiger partial charge in [-0.1, -0.05) is 51.8 Å². The van der Waals surface area contributed by atoms with Crippen molar-refractivity contribution in [1.82, 2.24) is 4.57 Å². The zero-order chi connectivity index (χ0) is 20.8. The van der Waals surface area contributed by atoms with Crippen LogP contribution >= 0.6 is 15.9 Å². The Bertz CT molecular complexity index is 916. The standard InChI is InChI=1S/C23H31BrN2O2/c1-6-9-10-14-26-16(5)19(22(27)20(24)18(26)8-3)23(28)25-21-15(4)12-11-13-17(21)7-2/h11-13H,6-10,14H2,1-5H3,(H,25,28). The van der Waals surface area contributed by atoms with E-state index in [4.69, 9.17) is 0 Å². The van der Waals surface area contributed by atoms with Gasteiger partial charge in [-0.2, -0.15) is 0 Å². The van der Waals surface area contributed by atoms with Gasteiger partial charge in [0.15, 0.2) is 0 Å². The molecule has 0 bridgehead atoms. The molecule has 1 aromatic heterocycles. The summed E-state index contributed by atoms with van der Waals surface area (Å²) in [6.45, 7) is 10.9.